The second-order valence-electron chi connectivity index (χ2n) is 7.39. The van der Waals surface area contributed by atoms with Crippen LogP contribution in [0.4, 0.5) is 4.39 Å². The van der Waals surface area contributed by atoms with Crippen LogP contribution in [0.1, 0.15) is 53.0 Å². The molecule has 0 aromatic heterocycles. The average Bonchev–Trinajstić information content (AvgIpc) is 2.46. The van der Waals surface area contributed by atoms with Crippen LogP contribution in [0.2, 0.25) is 19.1 Å². The van der Waals surface area contributed by atoms with Crippen LogP contribution in [-0.4, -0.2) is 20.5 Å². The molecule has 0 unspecified atom stereocenters. The molecule has 1 aromatic rings. The Hall–Kier alpha value is -1.07. The maximum absolute atomic E-state index is 14.5. The maximum atomic E-state index is 14.5. The van der Waals surface area contributed by atoms with Crippen LogP contribution in [0.5, 0.6) is 11.5 Å². The zero-order chi connectivity index (χ0) is 18.3. The molecule has 0 aliphatic rings. The third-order valence-electron chi connectivity index (χ3n) is 3.55. The van der Waals surface area contributed by atoms with E-state index >= 15 is 0 Å². The van der Waals surface area contributed by atoms with E-state index in [-0.39, 0.29) is 23.7 Å². The van der Waals surface area contributed by atoms with Gasteiger partial charge in [-0.05, 0) is 64.5 Å². The fourth-order valence-electron chi connectivity index (χ4n) is 2.34. The van der Waals surface area contributed by atoms with Crippen molar-refractivity contribution >= 4 is 8.32 Å². The molecule has 0 atom stereocenters. The fourth-order valence-corrected chi connectivity index (χ4v) is 4.25. The second-order valence-corrected chi connectivity index (χ2v) is 11.7. The lowest BCUT2D eigenvalue weighted by atomic mass is 10.2. The molecule has 1 rings (SSSR count). The molecule has 138 valence electrons. The molecule has 0 saturated carbocycles. The molecule has 0 radical (unpaired) electrons. The Labute approximate surface area is 147 Å². The number of hydrogen-bond acceptors (Lipinski definition) is 3. The Morgan fingerprint density at radius 3 is 1.92 bits per heavy atom. The van der Waals surface area contributed by atoms with E-state index in [4.69, 9.17) is 13.9 Å². The minimum Gasteiger partial charge on any atom is -0.488 e. The smallest absolute Gasteiger partial charge is 0.206 e. The molecule has 0 bridgehead atoms. The van der Waals surface area contributed by atoms with Gasteiger partial charge in [0.2, 0.25) is 5.82 Å². The molecule has 0 fully saturated rings. The van der Waals surface area contributed by atoms with Gasteiger partial charge in [0.15, 0.2) is 19.8 Å². The van der Waals surface area contributed by atoms with Crippen molar-refractivity contribution in [3.8, 4) is 11.5 Å². The monoisotopic (exact) mass is 356 g/mol. The highest BCUT2D eigenvalue weighted by Crippen LogP contribution is 2.31. The summed E-state index contributed by atoms with van der Waals surface area (Å²) in [6, 6.07) is 4.59. The van der Waals surface area contributed by atoms with Gasteiger partial charge in [-0.15, -0.1) is 0 Å². The molecule has 0 aliphatic carbocycles. The Morgan fingerprint density at radius 2 is 1.50 bits per heavy atom. The van der Waals surface area contributed by atoms with Gasteiger partial charge in [-0.1, -0.05) is 19.8 Å². The SMILES string of the molecule is CCCC[Si](C)(C)OCc1cc(OC(C)C)c(F)c(OC(C)C)c1. The van der Waals surface area contributed by atoms with E-state index in [0.29, 0.717) is 6.61 Å². The molecule has 0 amide bonds. The molecule has 1 aromatic carbocycles. The van der Waals surface area contributed by atoms with Crippen molar-refractivity contribution in [3.05, 3.63) is 23.5 Å². The Morgan fingerprint density at radius 1 is 1.00 bits per heavy atom. The fraction of sp³-hybridized carbons (Fsp3) is 0.684. The van der Waals surface area contributed by atoms with Gasteiger partial charge in [-0.2, -0.15) is 4.39 Å². The van der Waals surface area contributed by atoms with Crippen LogP contribution >= 0.6 is 0 Å². The number of rotatable bonds is 10. The number of unbranched alkanes of at least 4 members (excludes halogenated alkanes) is 1. The summed E-state index contributed by atoms with van der Waals surface area (Å²) in [6.45, 7) is 14.6. The van der Waals surface area contributed by atoms with Crippen LogP contribution in [0.25, 0.3) is 0 Å². The lowest BCUT2D eigenvalue weighted by Crippen LogP contribution is -2.29. The first-order chi connectivity index (χ1) is 11.1. The largest absolute Gasteiger partial charge is 0.488 e. The van der Waals surface area contributed by atoms with Crippen LogP contribution in [0, 0.1) is 5.82 Å². The highest BCUT2D eigenvalue weighted by Gasteiger charge is 2.22. The third kappa shape index (κ3) is 7.22. The molecular weight excluding hydrogens is 323 g/mol. The van der Waals surface area contributed by atoms with Gasteiger partial charge in [0.1, 0.15) is 0 Å². The van der Waals surface area contributed by atoms with Crippen LogP contribution in [0.3, 0.4) is 0 Å². The van der Waals surface area contributed by atoms with Gasteiger partial charge in [0.25, 0.3) is 0 Å². The normalized spacial score (nSPS) is 12.1. The summed E-state index contributed by atoms with van der Waals surface area (Å²) < 4.78 is 31.9. The minimum atomic E-state index is -1.69. The van der Waals surface area contributed by atoms with Crippen molar-refractivity contribution in [2.75, 3.05) is 0 Å². The van der Waals surface area contributed by atoms with Crippen molar-refractivity contribution in [2.45, 2.75) is 85.4 Å². The molecular formula is C19H33FO3Si. The molecule has 0 spiro atoms. The summed E-state index contributed by atoms with van der Waals surface area (Å²) in [5, 5.41) is 0. The first-order valence-electron chi connectivity index (χ1n) is 8.94. The van der Waals surface area contributed by atoms with Gasteiger partial charge in [-0.3, -0.25) is 0 Å². The van der Waals surface area contributed by atoms with E-state index < -0.39 is 14.1 Å². The molecule has 24 heavy (non-hydrogen) atoms. The van der Waals surface area contributed by atoms with Gasteiger partial charge in [-0.25, -0.2) is 0 Å². The average molecular weight is 357 g/mol. The van der Waals surface area contributed by atoms with Gasteiger partial charge < -0.3 is 13.9 Å². The summed E-state index contributed by atoms with van der Waals surface area (Å²) in [6.07, 6.45) is 2.16. The summed E-state index contributed by atoms with van der Waals surface area (Å²) in [5.74, 6) is 0.0215. The number of halogens is 1. The van der Waals surface area contributed by atoms with Crippen molar-refractivity contribution in [2.24, 2.45) is 0 Å². The summed E-state index contributed by atoms with van der Waals surface area (Å²) in [7, 11) is -1.69. The molecule has 0 aliphatic heterocycles. The molecule has 0 N–H and O–H groups in total. The molecule has 0 heterocycles. The van der Waals surface area contributed by atoms with Crippen molar-refractivity contribution < 1.29 is 18.3 Å². The highest BCUT2D eigenvalue weighted by molar-refractivity contribution is 6.71. The van der Waals surface area contributed by atoms with Crippen LogP contribution < -0.4 is 9.47 Å². The second kappa shape index (κ2) is 9.42. The standard InChI is InChI=1S/C19H33FO3Si/c1-8-9-10-24(6,7)21-13-16-11-17(22-14(2)3)19(20)18(12-16)23-15(4)5/h11-12,14-15H,8-10,13H2,1-7H3. The topological polar surface area (TPSA) is 27.7 Å². The van der Waals surface area contributed by atoms with Gasteiger partial charge >= 0.3 is 0 Å². The van der Waals surface area contributed by atoms with Crippen molar-refractivity contribution in [1.82, 2.24) is 0 Å². The number of hydrogen-bond donors (Lipinski definition) is 0. The zero-order valence-corrected chi connectivity index (χ0v) is 17.2. The van der Waals surface area contributed by atoms with Crippen LogP contribution in [-0.2, 0) is 11.0 Å². The Kier molecular flexibility index (Phi) is 8.23. The molecule has 0 saturated heterocycles. The highest BCUT2D eigenvalue weighted by atomic mass is 28.4. The van der Waals surface area contributed by atoms with E-state index in [1.165, 1.54) is 12.8 Å². The summed E-state index contributed by atoms with van der Waals surface area (Å²) >= 11 is 0. The molecule has 5 heteroatoms. The first kappa shape index (κ1) is 21.0. The number of benzene rings is 1. The third-order valence-corrected chi connectivity index (χ3v) is 6.04. The quantitative estimate of drug-likeness (QED) is 0.487. The molecule has 3 nitrogen and oxygen atoms in total. The van der Waals surface area contributed by atoms with Crippen LogP contribution in [0.15, 0.2) is 12.1 Å². The first-order valence-corrected chi connectivity index (χ1v) is 12.1. The lowest BCUT2D eigenvalue weighted by molar-refractivity contribution is 0.207. The van der Waals surface area contributed by atoms with E-state index in [2.05, 4.69) is 20.0 Å². The van der Waals surface area contributed by atoms with E-state index in [9.17, 15) is 4.39 Å². The Balaban J connectivity index is 2.96. The lowest BCUT2D eigenvalue weighted by Gasteiger charge is -2.23. The maximum Gasteiger partial charge on any atom is 0.206 e. The van der Waals surface area contributed by atoms with Gasteiger partial charge in [0, 0.05) is 0 Å². The summed E-state index contributed by atoms with van der Waals surface area (Å²) in [4.78, 5) is 0. The minimum absolute atomic E-state index is 0.0991. The van der Waals surface area contributed by atoms with Crippen molar-refractivity contribution in [1.29, 1.82) is 0 Å². The predicted molar refractivity (Wildman–Crippen MR) is 99.9 cm³/mol. The van der Waals surface area contributed by atoms with E-state index in [1.807, 2.05) is 27.7 Å². The summed E-state index contributed by atoms with van der Waals surface area (Å²) in [5.41, 5.74) is 0.889. The van der Waals surface area contributed by atoms with E-state index in [0.717, 1.165) is 11.6 Å². The van der Waals surface area contributed by atoms with Crippen molar-refractivity contribution in [3.63, 3.8) is 0 Å². The zero-order valence-electron chi connectivity index (χ0n) is 16.2. The Bertz CT molecular complexity index is 484. The number of ether oxygens (including phenoxy) is 2. The van der Waals surface area contributed by atoms with Gasteiger partial charge in [0.05, 0.1) is 18.8 Å². The van der Waals surface area contributed by atoms with E-state index in [1.54, 1.807) is 12.1 Å². The predicted octanol–water partition coefficient (Wildman–Crippen LogP) is 5.92.